The molecule has 9 heteroatoms. The number of ketones is 1. The van der Waals surface area contributed by atoms with E-state index in [9.17, 15) is 19.5 Å². The third-order valence-corrected chi connectivity index (χ3v) is 6.93. The summed E-state index contributed by atoms with van der Waals surface area (Å²) in [5, 5.41) is 13.3. The van der Waals surface area contributed by atoms with Gasteiger partial charge in [-0.05, 0) is 69.0 Å². The standard InChI is InChI=1S/C30H31NO7S/c1-5-36-21-13-14-22(23(17-21)37-6-2)28(33)26-27(24-8-7-15-39-24)31(30(35)29(26)34)20-11-9-19(10-12-20)16-25(32)38-18(3)4/h7-15,17-18,27,33H,5-6,16H2,1-4H3/b28-26-. The monoisotopic (exact) mass is 549 g/mol. The number of hydrogen-bond donors (Lipinski definition) is 1. The van der Waals surface area contributed by atoms with Crippen molar-refractivity contribution in [1.82, 2.24) is 0 Å². The summed E-state index contributed by atoms with van der Waals surface area (Å²) in [6, 6.07) is 14.6. The largest absolute Gasteiger partial charge is 0.507 e. The summed E-state index contributed by atoms with van der Waals surface area (Å²) in [7, 11) is 0. The highest BCUT2D eigenvalue weighted by atomic mass is 32.1. The Labute approximate surface area is 231 Å². The number of rotatable bonds is 10. The lowest BCUT2D eigenvalue weighted by atomic mass is 9.99. The molecule has 1 N–H and O–H groups in total. The number of carbonyl (C=O) groups is 3. The van der Waals surface area contributed by atoms with Gasteiger partial charge >= 0.3 is 5.97 Å². The summed E-state index contributed by atoms with van der Waals surface area (Å²) in [4.78, 5) is 41.0. The average Bonchev–Trinajstić information content (AvgIpc) is 3.51. The number of nitrogens with zero attached hydrogens (tertiary/aromatic N) is 1. The zero-order chi connectivity index (χ0) is 28.1. The SMILES string of the molecule is CCOc1ccc(/C(O)=C2/C(=O)C(=O)N(c3ccc(CC(=O)OC(C)C)cc3)C2c2cccs2)c(OCC)c1. The zero-order valence-corrected chi connectivity index (χ0v) is 23.1. The van der Waals surface area contributed by atoms with Crippen molar-refractivity contribution in [3.05, 3.63) is 81.6 Å². The molecule has 3 aromatic rings. The van der Waals surface area contributed by atoms with Crippen molar-refractivity contribution in [2.45, 2.75) is 46.3 Å². The highest BCUT2D eigenvalue weighted by Gasteiger charge is 2.47. The van der Waals surface area contributed by atoms with Gasteiger partial charge in [-0.1, -0.05) is 18.2 Å². The van der Waals surface area contributed by atoms with Crippen molar-refractivity contribution in [2.24, 2.45) is 0 Å². The summed E-state index contributed by atoms with van der Waals surface area (Å²) in [6.07, 6.45) is -0.128. The molecule has 1 aliphatic heterocycles. The van der Waals surface area contributed by atoms with E-state index in [2.05, 4.69) is 0 Å². The summed E-state index contributed by atoms with van der Waals surface area (Å²) in [5.74, 6) is -1.33. The lowest BCUT2D eigenvalue weighted by Crippen LogP contribution is -2.29. The van der Waals surface area contributed by atoms with Gasteiger partial charge in [-0.15, -0.1) is 11.3 Å². The highest BCUT2D eigenvalue weighted by Crippen LogP contribution is 2.45. The Morgan fingerprint density at radius 3 is 2.36 bits per heavy atom. The molecule has 0 aliphatic carbocycles. The number of aliphatic hydroxyl groups is 1. The van der Waals surface area contributed by atoms with E-state index in [0.29, 0.717) is 46.4 Å². The Bertz CT molecular complexity index is 1380. The molecule has 1 saturated heterocycles. The molecule has 8 nitrogen and oxygen atoms in total. The van der Waals surface area contributed by atoms with Gasteiger partial charge in [0.25, 0.3) is 11.7 Å². The van der Waals surface area contributed by atoms with Crippen LogP contribution in [0.25, 0.3) is 5.76 Å². The van der Waals surface area contributed by atoms with Crippen LogP contribution in [0.2, 0.25) is 0 Å². The van der Waals surface area contributed by atoms with Crippen LogP contribution in [-0.2, 0) is 25.5 Å². The zero-order valence-electron chi connectivity index (χ0n) is 22.3. The molecule has 39 heavy (non-hydrogen) atoms. The number of thiophene rings is 1. The van der Waals surface area contributed by atoms with Crippen LogP contribution in [0.1, 0.15) is 49.7 Å². The van der Waals surface area contributed by atoms with Gasteiger partial charge in [0.1, 0.15) is 23.3 Å². The summed E-state index contributed by atoms with van der Waals surface area (Å²) in [6.45, 7) is 8.03. The summed E-state index contributed by atoms with van der Waals surface area (Å²) < 4.78 is 16.5. The fourth-order valence-corrected chi connectivity index (χ4v) is 5.26. The number of hydrogen-bond acceptors (Lipinski definition) is 8. The molecule has 2 aromatic carbocycles. The van der Waals surface area contributed by atoms with Gasteiger partial charge in [-0.25, -0.2) is 0 Å². The van der Waals surface area contributed by atoms with Crippen LogP contribution in [-0.4, -0.2) is 42.1 Å². The fourth-order valence-electron chi connectivity index (χ4n) is 4.44. The second-order valence-electron chi connectivity index (χ2n) is 9.09. The van der Waals surface area contributed by atoms with Gasteiger partial charge in [-0.3, -0.25) is 19.3 Å². The maximum Gasteiger partial charge on any atom is 0.310 e. The van der Waals surface area contributed by atoms with E-state index < -0.39 is 17.7 Å². The molecule has 0 radical (unpaired) electrons. The number of carbonyl (C=O) groups excluding carboxylic acids is 3. The van der Waals surface area contributed by atoms with E-state index in [0.717, 1.165) is 0 Å². The van der Waals surface area contributed by atoms with E-state index >= 15 is 0 Å². The maximum absolute atomic E-state index is 13.4. The van der Waals surface area contributed by atoms with Crippen LogP contribution >= 0.6 is 11.3 Å². The second kappa shape index (κ2) is 12.2. The fraction of sp³-hybridized carbons (Fsp3) is 0.300. The van der Waals surface area contributed by atoms with Crippen molar-refractivity contribution in [2.75, 3.05) is 18.1 Å². The predicted octanol–water partition coefficient (Wildman–Crippen LogP) is 5.67. The van der Waals surface area contributed by atoms with Crippen LogP contribution in [0.4, 0.5) is 5.69 Å². The van der Waals surface area contributed by atoms with Gasteiger partial charge in [0.15, 0.2) is 0 Å². The number of amides is 1. The van der Waals surface area contributed by atoms with Crippen LogP contribution in [0.5, 0.6) is 11.5 Å². The van der Waals surface area contributed by atoms with Crippen molar-refractivity contribution in [3.63, 3.8) is 0 Å². The number of anilines is 1. The third-order valence-electron chi connectivity index (χ3n) is 6.01. The lowest BCUT2D eigenvalue weighted by molar-refractivity contribution is -0.146. The molecular weight excluding hydrogens is 518 g/mol. The van der Waals surface area contributed by atoms with Gasteiger partial charge < -0.3 is 19.3 Å². The van der Waals surface area contributed by atoms with Crippen LogP contribution < -0.4 is 14.4 Å². The molecule has 0 bridgehead atoms. The highest BCUT2D eigenvalue weighted by molar-refractivity contribution is 7.10. The first kappa shape index (κ1) is 27.9. The van der Waals surface area contributed by atoms with E-state index in [1.54, 1.807) is 56.3 Å². The van der Waals surface area contributed by atoms with Crippen molar-refractivity contribution in [1.29, 1.82) is 0 Å². The Morgan fingerprint density at radius 2 is 1.74 bits per heavy atom. The molecule has 1 atom stereocenters. The maximum atomic E-state index is 13.4. The van der Waals surface area contributed by atoms with Gasteiger partial charge in [0, 0.05) is 16.6 Å². The Balaban J connectivity index is 1.77. The predicted molar refractivity (Wildman–Crippen MR) is 149 cm³/mol. The molecule has 1 aromatic heterocycles. The van der Waals surface area contributed by atoms with E-state index in [1.165, 1.54) is 16.2 Å². The minimum Gasteiger partial charge on any atom is -0.507 e. The molecule has 1 aliphatic rings. The normalized spacial score (nSPS) is 16.5. The van der Waals surface area contributed by atoms with E-state index in [-0.39, 0.29) is 29.8 Å². The second-order valence-corrected chi connectivity index (χ2v) is 10.1. The minimum atomic E-state index is -0.845. The lowest BCUT2D eigenvalue weighted by Gasteiger charge is -2.24. The van der Waals surface area contributed by atoms with Crippen LogP contribution in [0.3, 0.4) is 0 Å². The molecule has 0 saturated carbocycles. The number of aliphatic hydroxyl groups excluding tert-OH is 1. The average molecular weight is 550 g/mol. The van der Waals surface area contributed by atoms with E-state index in [1.807, 2.05) is 31.4 Å². The van der Waals surface area contributed by atoms with Crippen LogP contribution in [0.15, 0.2) is 65.6 Å². The van der Waals surface area contributed by atoms with Crippen molar-refractivity contribution in [3.8, 4) is 11.5 Å². The van der Waals surface area contributed by atoms with Gasteiger partial charge in [-0.2, -0.15) is 0 Å². The Morgan fingerprint density at radius 1 is 1.03 bits per heavy atom. The third kappa shape index (κ3) is 5.98. The summed E-state index contributed by atoms with van der Waals surface area (Å²) in [5.41, 5.74) is 1.44. The quantitative estimate of drug-likeness (QED) is 0.151. The smallest absolute Gasteiger partial charge is 0.310 e. The molecular formula is C30H31NO7S. The number of esters is 1. The molecule has 4 rings (SSSR count). The van der Waals surface area contributed by atoms with Crippen LogP contribution in [0, 0.1) is 0 Å². The van der Waals surface area contributed by atoms with Gasteiger partial charge in [0.05, 0.1) is 36.9 Å². The van der Waals surface area contributed by atoms with Gasteiger partial charge in [0.2, 0.25) is 0 Å². The minimum absolute atomic E-state index is 0.0304. The Kier molecular flexibility index (Phi) is 8.71. The topological polar surface area (TPSA) is 102 Å². The van der Waals surface area contributed by atoms with E-state index in [4.69, 9.17) is 14.2 Å². The molecule has 204 valence electrons. The van der Waals surface area contributed by atoms with Crippen molar-refractivity contribution < 1.29 is 33.7 Å². The first-order valence-corrected chi connectivity index (χ1v) is 13.7. The summed E-state index contributed by atoms with van der Waals surface area (Å²) >= 11 is 1.38. The molecule has 1 fully saturated rings. The Hall–Kier alpha value is -4.11. The first-order chi connectivity index (χ1) is 18.7. The number of Topliss-reactive ketones (excluding diaryl/α,β-unsaturated/α-hetero) is 1. The molecule has 0 spiro atoms. The molecule has 1 amide bonds. The molecule has 1 unspecified atom stereocenters. The van der Waals surface area contributed by atoms with Crippen molar-refractivity contribution >= 4 is 40.4 Å². The molecule has 2 heterocycles. The first-order valence-electron chi connectivity index (χ1n) is 12.8. The number of benzene rings is 2. The number of ether oxygens (including phenoxy) is 3.